The van der Waals surface area contributed by atoms with Crippen LogP contribution in [-0.2, 0) is 14.3 Å². The summed E-state index contributed by atoms with van der Waals surface area (Å²) in [6.45, 7) is 3.99. The zero-order valence-electron chi connectivity index (χ0n) is 15.9. The molecule has 0 amide bonds. The van der Waals surface area contributed by atoms with Crippen LogP contribution in [0.1, 0.15) is 44.6 Å². The molecular weight excluding hydrogens is 328 g/mol. The molecule has 1 heterocycles. The molecule has 1 aliphatic heterocycles. The minimum atomic E-state index is -0.366. The first-order valence-electron chi connectivity index (χ1n) is 9.12. The van der Waals surface area contributed by atoms with Crippen LogP contribution in [0.25, 0.3) is 0 Å². The van der Waals surface area contributed by atoms with E-state index in [4.69, 9.17) is 4.74 Å². The Bertz CT molecular complexity index is 788. The number of ether oxygens (including phenoxy) is 1. The lowest BCUT2D eigenvalue weighted by Crippen LogP contribution is -2.34. The summed E-state index contributed by atoms with van der Waals surface area (Å²) < 4.78 is 5.30. The highest BCUT2D eigenvalue weighted by molar-refractivity contribution is 6.03. The Hall–Kier alpha value is -2.56. The lowest BCUT2D eigenvalue weighted by atomic mass is 9.75. The lowest BCUT2D eigenvalue weighted by Gasteiger charge is -2.34. The van der Waals surface area contributed by atoms with E-state index in [1.165, 1.54) is 0 Å². The molecule has 0 radical (unpaired) electrons. The molecule has 5 heteroatoms. The van der Waals surface area contributed by atoms with E-state index in [0.29, 0.717) is 18.6 Å². The standard InChI is InChI=1S/C21H26N2O3/c1-5-26-21(25)18-13(2)22-16-7-6-8-17(24)20(16)19(18)14-9-11-15(12-10-14)23(3)4/h9-12,19,22H,5-8H2,1-4H3/t19-/m1/s1. The second kappa shape index (κ2) is 7.36. The molecule has 0 aromatic heterocycles. The Morgan fingerprint density at radius 3 is 2.54 bits per heavy atom. The highest BCUT2D eigenvalue weighted by Crippen LogP contribution is 2.42. The van der Waals surface area contributed by atoms with Gasteiger partial charge in [0.2, 0.25) is 0 Å². The first-order chi connectivity index (χ1) is 12.4. The maximum atomic E-state index is 12.7. The maximum Gasteiger partial charge on any atom is 0.336 e. The molecule has 0 saturated carbocycles. The highest BCUT2D eigenvalue weighted by atomic mass is 16.5. The van der Waals surface area contributed by atoms with E-state index in [0.717, 1.165) is 41.1 Å². The van der Waals surface area contributed by atoms with Crippen LogP contribution in [0.5, 0.6) is 0 Å². The van der Waals surface area contributed by atoms with Gasteiger partial charge in [-0.2, -0.15) is 0 Å². The fraction of sp³-hybridized carbons (Fsp3) is 0.429. The van der Waals surface area contributed by atoms with Gasteiger partial charge in [0.05, 0.1) is 12.2 Å². The van der Waals surface area contributed by atoms with E-state index in [9.17, 15) is 9.59 Å². The number of carbonyl (C=O) groups is 2. The first kappa shape index (κ1) is 18.2. The van der Waals surface area contributed by atoms with E-state index in [-0.39, 0.29) is 17.7 Å². The van der Waals surface area contributed by atoms with Crippen LogP contribution in [-0.4, -0.2) is 32.5 Å². The van der Waals surface area contributed by atoms with Crippen molar-refractivity contribution in [3.63, 3.8) is 0 Å². The van der Waals surface area contributed by atoms with Gasteiger partial charge in [-0.05, 0) is 44.4 Å². The third-order valence-corrected chi connectivity index (χ3v) is 5.01. The molecule has 5 nitrogen and oxygen atoms in total. The van der Waals surface area contributed by atoms with E-state index < -0.39 is 0 Å². The summed E-state index contributed by atoms with van der Waals surface area (Å²) in [6.07, 6.45) is 2.21. The fourth-order valence-electron chi connectivity index (χ4n) is 3.76. The van der Waals surface area contributed by atoms with Crippen molar-refractivity contribution in [2.45, 2.75) is 39.0 Å². The number of hydrogen-bond donors (Lipinski definition) is 1. The van der Waals surface area contributed by atoms with Crippen LogP contribution in [0.3, 0.4) is 0 Å². The van der Waals surface area contributed by atoms with Gasteiger partial charge in [-0.3, -0.25) is 4.79 Å². The van der Waals surface area contributed by atoms with Crippen LogP contribution >= 0.6 is 0 Å². The molecule has 0 fully saturated rings. The molecule has 0 bridgehead atoms. The molecule has 1 N–H and O–H groups in total. The molecule has 138 valence electrons. The van der Waals surface area contributed by atoms with Crippen LogP contribution in [0.4, 0.5) is 5.69 Å². The van der Waals surface area contributed by atoms with Crippen molar-refractivity contribution in [2.75, 3.05) is 25.6 Å². The molecule has 3 rings (SSSR count). The molecule has 1 aromatic rings. The Labute approximate surface area is 154 Å². The van der Waals surface area contributed by atoms with E-state index in [1.807, 2.05) is 50.2 Å². The van der Waals surface area contributed by atoms with E-state index >= 15 is 0 Å². The summed E-state index contributed by atoms with van der Waals surface area (Å²) in [5, 5.41) is 3.30. The molecule has 1 atom stereocenters. The molecule has 0 saturated heterocycles. The van der Waals surface area contributed by atoms with Crippen LogP contribution in [0.2, 0.25) is 0 Å². The molecule has 1 aromatic carbocycles. The largest absolute Gasteiger partial charge is 0.463 e. The number of nitrogens with one attached hydrogen (secondary N) is 1. The second-order valence-electron chi connectivity index (χ2n) is 6.97. The number of carbonyl (C=O) groups excluding carboxylic acids is 2. The van der Waals surface area contributed by atoms with Crippen LogP contribution < -0.4 is 10.2 Å². The number of hydrogen-bond acceptors (Lipinski definition) is 5. The minimum absolute atomic E-state index is 0.120. The Morgan fingerprint density at radius 2 is 1.92 bits per heavy atom. The van der Waals surface area contributed by atoms with Crippen molar-refractivity contribution < 1.29 is 14.3 Å². The minimum Gasteiger partial charge on any atom is -0.463 e. The number of benzene rings is 1. The number of esters is 1. The summed E-state index contributed by atoms with van der Waals surface area (Å²) in [5.74, 6) is -0.604. The average molecular weight is 354 g/mol. The maximum absolute atomic E-state index is 12.7. The van der Waals surface area contributed by atoms with Crippen molar-refractivity contribution in [3.05, 3.63) is 52.4 Å². The molecule has 0 unspecified atom stereocenters. The Balaban J connectivity index is 2.12. The number of anilines is 1. The van der Waals surface area contributed by atoms with E-state index in [1.54, 1.807) is 6.92 Å². The van der Waals surface area contributed by atoms with Gasteiger partial charge in [0, 0.05) is 49.1 Å². The second-order valence-corrected chi connectivity index (χ2v) is 6.97. The van der Waals surface area contributed by atoms with Crippen molar-refractivity contribution in [2.24, 2.45) is 0 Å². The number of allylic oxidation sites excluding steroid dienone is 3. The number of rotatable bonds is 4. The van der Waals surface area contributed by atoms with Gasteiger partial charge in [0.15, 0.2) is 5.78 Å². The third kappa shape index (κ3) is 3.26. The van der Waals surface area contributed by atoms with Crippen molar-refractivity contribution in [3.8, 4) is 0 Å². The topological polar surface area (TPSA) is 58.6 Å². The predicted octanol–water partition coefficient (Wildman–Crippen LogP) is 3.28. The van der Waals surface area contributed by atoms with Gasteiger partial charge in [-0.25, -0.2) is 4.79 Å². The third-order valence-electron chi connectivity index (χ3n) is 5.01. The zero-order chi connectivity index (χ0) is 18.8. The smallest absolute Gasteiger partial charge is 0.336 e. The van der Waals surface area contributed by atoms with E-state index in [2.05, 4.69) is 5.32 Å². The lowest BCUT2D eigenvalue weighted by molar-refractivity contribution is -0.138. The van der Waals surface area contributed by atoms with Crippen LogP contribution in [0.15, 0.2) is 46.8 Å². The Kier molecular flexibility index (Phi) is 5.16. The van der Waals surface area contributed by atoms with Gasteiger partial charge < -0.3 is 15.0 Å². The SMILES string of the molecule is CCOC(=O)C1=C(C)NC2=C(C(=O)CCC2)[C@@H]1c1ccc(N(C)C)cc1. The summed E-state index contributed by atoms with van der Waals surface area (Å²) in [7, 11) is 3.97. The highest BCUT2D eigenvalue weighted by Gasteiger charge is 2.38. The predicted molar refractivity (Wildman–Crippen MR) is 102 cm³/mol. The molecule has 2 aliphatic rings. The summed E-state index contributed by atoms with van der Waals surface area (Å²) in [5.41, 5.74) is 5.01. The molecule has 1 aliphatic carbocycles. The average Bonchev–Trinajstić information content (AvgIpc) is 2.61. The normalized spacial score (nSPS) is 19.8. The van der Waals surface area contributed by atoms with Crippen molar-refractivity contribution in [1.29, 1.82) is 0 Å². The summed E-state index contributed by atoms with van der Waals surface area (Å²) in [6, 6.07) is 8.04. The number of dihydropyridines is 1. The van der Waals surface area contributed by atoms with Gasteiger partial charge in [0.25, 0.3) is 0 Å². The van der Waals surface area contributed by atoms with Crippen molar-refractivity contribution in [1.82, 2.24) is 5.32 Å². The fourth-order valence-corrected chi connectivity index (χ4v) is 3.76. The summed E-state index contributed by atoms with van der Waals surface area (Å²) in [4.78, 5) is 27.4. The van der Waals surface area contributed by atoms with Crippen molar-refractivity contribution >= 4 is 17.4 Å². The van der Waals surface area contributed by atoms with Crippen LogP contribution in [0, 0.1) is 0 Å². The monoisotopic (exact) mass is 354 g/mol. The zero-order valence-corrected chi connectivity index (χ0v) is 15.9. The van der Waals surface area contributed by atoms with Gasteiger partial charge in [-0.1, -0.05) is 12.1 Å². The first-order valence-corrected chi connectivity index (χ1v) is 9.12. The number of Topliss-reactive ketones (excluding diaryl/α,β-unsaturated/α-hetero) is 1. The quantitative estimate of drug-likeness (QED) is 0.841. The molecule has 26 heavy (non-hydrogen) atoms. The molecule has 0 spiro atoms. The number of nitrogens with zero attached hydrogens (tertiary/aromatic N) is 1. The number of ketones is 1. The molecular formula is C21H26N2O3. The van der Waals surface area contributed by atoms with Gasteiger partial charge >= 0.3 is 5.97 Å². The van der Waals surface area contributed by atoms with Gasteiger partial charge in [-0.15, -0.1) is 0 Å². The Morgan fingerprint density at radius 1 is 1.23 bits per heavy atom. The summed E-state index contributed by atoms with van der Waals surface area (Å²) >= 11 is 0. The van der Waals surface area contributed by atoms with Gasteiger partial charge in [0.1, 0.15) is 0 Å².